The lowest BCUT2D eigenvalue weighted by Gasteiger charge is -2.60. The Kier molecular flexibility index (Phi) is 7.13. The highest BCUT2D eigenvalue weighted by Crippen LogP contribution is 2.68. The van der Waals surface area contributed by atoms with Crippen molar-refractivity contribution in [3.8, 4) is 0 Å². The van der Waals surface area contributed by atoms with Crippen LogP contribution in [-0.2, 0) is 14.1 Å². The first-order valence-corrected chi connectivity index (χ1v) is 17.2. The molecule has 4 aliphatic carbocycles. The summed E-state index contributed by atoms with van der Waals surface area (Å²) >= 11 is 0. The third-order valence-electron chi connectivity index (χ3n) is 10.7. The Labute approximate surface area is 203 Å². The van der Waals surface area contributed by atoms with Gasteiger partial charge in [0.2, 0.25) is 0 Å². The summed E-state index contributed by atoms with van der Waals surface area (Å²) in [6.07, 6.45) is 13.5. The average Bonchev–Trinajstić information content (AvgIpc) is 3.12. The number of rotatable bonds is 6. The van der Waals surface area contributed by atoms with Crippen LogP contribution < -0.4 is 0 Å². The smallest absolute Gasteiger partial charge is 0.305 e. The molecular weight excluding hydrogens is 426 g/mol. The normalized spacial score (nSPS) is 42.8. The zero-order valence-electron chi connectivity index (χ0n) is 22.4. The fourth-order valence-corrected chi connectivity index (χ4v) is 9.37. The average molecular weight is 476 g/mol. The third kappa shape index (κ3) is 4.82. The van der Waals surface area contributed by atoms with Gasteiger partial charge in [0.05, 0.1) is 12.8 Å². The maximum atomic E-state index is 11.7. The number of hydrogen-bond acceptors (Lipinski definition) is 4. The first kappa shape index (κ1) is 25.3. The highest BCUT2D eigenvalue weighted by Gasteiger charge is 2.60. The zero-order valence-corrected chi connectivity index (χ0v) is 23.4. The predicted octanol–water partition coefficient (Wildman–Crippen LogP) is 7.44. The van der Waals surface area contributed by atoms with Gasteiger partial charge in [-0.2, -0.15) is 0 Å². The molecule has 0 aromatic carbocycles. The van der Waals surface area contributed by atoms with E-state index in [1.54, 1.807) is 0 Å². The SMILES string of the molecule is COC(=O)CCC(C)C1CCC2C3CC[C@@H]4CC(=NO[Si](C)(C)C)CCC4(C)C3CCC12C. The Hall–Kier alpha value is -0.843. The molecule has 4 fully saturated rings. The minimum atomic E-state index is -1.60. The molecule has 4 aliphatic rings. The second kappa shape index (κ2) is 9.31. The highest BCUT2D eigenvalue weighted by atomic mass is 28.4. The summed E-state index contributed by atoms with van der Waals surface area (Å²) < 4.78 is 10.8. The second-order valence-electron chi connectivity index (χ2n) is 13.5. The molecule has 0 radical (unpaired) electrons. The van der Waals surface area contributed by atoms with Crippen LogP contribution in [0.1, 0.15) is 91.4 Å². The lowest BCUT2D eigenvalue weighted by atomic mass is 9.44. The quantitative estimate of drug-likeness (QED) is 0.228. The van der Waals surface area contributed by atoms with Crippen LogP contribution in [0.5, 0.6) is 0 Å². The summed E-state index contributed by atoms with van der Waals surface area (Å²) in [6, 6.07) is 0. The van der Waals surface area contributed by atoms with Crippen LogP contribution in [-0.4, -0.2) is 27.1 Å². The van der Waals surface area contributed by atoms with E-state index in [2.05, 4.69) is 45.6 Å². The molecule has 0 bridgehead atoms. The van der Waals surface area contributed by atoms with Crippen LogP contribution in [0, 0.1) is 46.3 Å². The number of nitrogens with zero attached hydrogens (tertiary/aromatic N) is 1. The molecule has 8 atom stereocenters. The Morgan fingerprint density at radius 3 is 2.48 bits per heavy atom. The van der Waals surface area contributed by atoms with Gasteiger partial charge in [-0.05, 0) is 130 Å². The molecule has 5 heteroatoms. The van der Waals surface area contributed by atoms with Crippen molar-refractivity contribution in [2.45, 2.75) is 111 Å². The van der Waals surface area contributed by atoms with Crippen molar-refractivity contribution in [1.82, 2.24) is 0 Å². The predicted molar refractivity (Wildman–Crippen MR) is 137 cm³/mol. The molecule has 7 unspecified atom stereocenters. The van der Waals surface area contributed by atoms with Crippen LogP contribution in [0.4, 0.5) is 0 Å². The minimum Gasteiger partial charge on any atom is -0.469 e. The summed E-state index contributed by atoms with van der Waals surface area (Å²) in [5.74, 6) is 4.79. The summed E-state index contributed by atoms with van der Waals surface area (Å²) in [5, 5.41) is 4.66. The van der Waals surface area contributed by atoms with E-state index in [0.717, 1.165) is 42.4 Å². The largest absolute Gasteiger partial charge is 0.469 e. The van der Waals surface area contributed by atoms with Gasteiger partial charge in [-0.15, -0.1) is 5.16 Å². The molecule has 0 N–H and O–H groups in total. The lowest BCUT2D eigenvalue weighted by molar-refractivity contribution is -0.141. The first-order chi connectivity index (χ1) is 15.5. The number of methoxy groups -OCH3 is 1. The van der Waals surface area contributed by atoms with Crippen LogP contribution in [0.15, 0.2) is 5.16 Å². The van der Waals surface area contributed by atoms with Crippen molar-refractivity contribution in [3.63, 3.8) is 0 Å². The molecule has 0 heterocycles. The molecular formula is C28H49NO3Si. The highest BCUT2D eigenvalue weighted by molar-refractivity contribution is 6.69. The van der Waals surface area contributed by atoms with Gasteiger partial charge in [0, 0.05) is 6.42 Å². The minimum absolute atomic E-state index is 0.0491. The summed E-state index contributed by atoms with van der Waals surface area (Å²) in [5.41, 5.74) is 2.28. The van der Waals surface area contributed by atoms with Crippen molar-refractivity contribution in [1.29, 1.82) is 0 Å². The number of esters is 1. The fraction of sp³-hybridized carbons (Fsp3) is 0.929. The van der Waals surface area contributed by atoms with Gasteiger partial charge in [-0.1, -0.05) is 20.8 Å². The van der Waals surface area contributed by atoms with Crippen LogP contribution in [0.3, 0.4) is 0 Å². The molecule has 188 valence electrons. The van der Waals surface area contributed by atoms with Gasteiger partial charge >= 0.3 is 5.97 Å². The van der Waals surface area contributed by atoms with E-state index in [4.69, 9.17) is 9.26 Å². The summed E-state index contributed by atoms with van der Waals surface area (Å²) in [6.45, 7) is 14.3. The maximum absolute atomic E-state index is 11.7. The summed E-state index contributed by atoms with van der Waals surface area (Å²) in [7, 11) is -0.0870. The number of oxime groups is 1. The Morgan fingerprint density at radius 1 is 1.06 bits per heavy atom. The number of carbonyl (C=O) groups excluding carboxylic acids is 1. The van der Waals surface area contributed by atoms with E-state index < -0.39 is 8.32 Å². The van der Waals surface area contributed by atoms with Crippen molar-refractivity contribution in [2.24, 2.45) is 51.5 Å². The van der Waals surface area contributed by atoms with Crippen molar-refractivity contribution < 1.29 is 14.1 Å². The van der Waals surface area contributed by atoms with Gasteiger partial charge in [0.1, 0.15) is 0 Å². The van der Waals surface area contributed by atoms with Gasteiger partial charge in [0.25, 0.3) is 8.32 Å². The molecule has 0 amide bonds. The Balaban J connectivity index is 1.44. The maximum Gasteiger partial charge on any atom is 0.305 e. The summed E-state index contributed by atoms with van der Waals surface area (Å²) in [4.78, 5) is 11.7. The molecule has 4 saturated carbocycles. The molecule has 0 spiro atoms. The molecule has 4 nitrogen and oxygen atoms in total. The molecule has 4 rings (SSSR count). The second-order valence-corrected chi connectivity index (χ2v) is 17.9. The van der Waals surface area contributed by atoms with Crippen LogP contribution in [0.2, 0.25) is 19.6 Å². The number of fused-ring (bicyclic) bond motifs is 5. The van der Waals surface area contributed by atoms with Crippen LogP contribution in [0.25, 0.3) is 0 Å². The van der Waals surface area contributed by atoms with E-state index >= 15 is 0 Å². The van der Waals surface area contributed by atoms with Gasteiger partial charge < -0.3 is 9.26 Å². The molecule has 0 aromatic rings. The van der Waals surface area contributed by atoms with E-state index in [0.29, 0.717) is 23.2 Å². The third-order valence-corrected chi connectivity index (χ3v) is 11.4. The first-order valence-electron chi connectivity index (χ1n) is 13.8. The Morgan fingerprint density at radius 2 is 1.79 bits per heavy atom. The van der Waals surface area contributed by atoms with E-state index in [-0.39, 0.29) is 5.97 Å². The lowest BCUT2D eigenvalue weighted by Crippen LogP contribution is -2.53. The number of ether oxygens (including phenoxy) is 1. The van der Waals surface area contributed by atoms with E-state index in [1.165, 1.54) is 64.2 Å². The molecule has 33 heavy (non-hydrogen) atoms. The number of carbonyl (C=O) groups is 1. The van der Waals surface area contributed by atoms with Gasteiger partial charge in [-0.25, -0.2) is 0 Å². The van der Waals surface area contributed by atoms with Gasteiger partial charge in [0.15, 0.2) is 0 Å². The molecule has 0 aromatic heterocycles. The molecule has 0 saturated heterocycles. The van der Waals surface area contributed by atoms with Crippen LogP contribution >= 0.6 is 0 Å². The molecule has 0 aliphatic heterocycles. The van der Waals surface area contributed by atoms with E-state index in [9.17, 15) is 4.79 Å². The van der Waals surface area contributed by atoms with Crippen molar-refractivity contribution >= 4 is 20.0 Å². The topological polar surface area (TPSA) is 47.9 Å². The van der Waals surface area contributed by atoms with E-state index in [1.807, 2.05) is 0 Å². The van der Waals surface area contributed by atoms with Crippen molar-refractivity contribution in [2.75, 3.05) is 7.11 Å². The van der Waals surface area contributed by atoms with Crippen molar-refractivity contribution in [3.05, 3.63) is 0 Å². The Bertz CT molecular complexity index is 761. The zero-order chi connectivity index (χ0) is 24.0. The van der Waals surface area contributed by atoms with Gasteiger partial charge in [-0.3, -0.25) is 4.79 Å². The monoisotopic (exact) mass is 475 g/mol. The number of hydrogen-bond donors (Lipinski definition) is 0. The fourth-order valence-electron chi connectivity index (χ4n) is 8.97. The standard InChI is InChI=1S/C28H49NO3Si/c1-19(8-13-26(30)31-4)23-11-12-24-22-10-9-20-18-21(29-32-33(5,6)7)14-16-27(20,2)25(22)15-17-28(23,24)3/h19-20,22-25H,8-18H2,1-7H3/t19?,20-,22?,23?,24?,25?,27?,28?/m1/s1.